The van der Waals surface area contributed by atoms with Crippen LogP contribution in [0.3, 0.4) is 0 Å². The van der Waals surface area contributed by atoms with Crippen molar-refractivity contribution in [2.45, 2.75) is 36.1 Å². The van der Waals surface area contributed by atoms with Gasteiger partial charge in [0.15, 0.2) is 0 Å². The van der Waals surface area contributed by atoms with Gasteiger partial charge in [-0.25, -0.2) is 0 Å². The van der Waals surface area contributed by atoms with Crippen molar-refractivity contribution in [2.75, 3.05) is 17.8 Å². The molecule has 0 bridgehead atoms. The van der Waals surface area contributed by atoms with Gasteiger partial charge in [-0.3, -0.25) is 0 Å². The first-order chi connectivity index (χ1) is 9.35. The molecule has 0 amide bonds. The molecular weight excluding hydrogens is 291 g/mol. The summed E-state index contributed by atoms with van der Waals surface area (Å²) in [5.41, 5.74) is 1.39. The highest BCUT2D eigenvalue weighted by Crippen LogP contribution is 2.52. The van der Waals surface area contributed by atoms with Gasteiger partial charge in [-0.1, -0.05) is 0 Å². The fraction of sp³-hybridized carbons (Fsp3) is 0.538. The molecule has 3 rings (SSSR count). The maximum atomic E-state index is 12.5. The topological polar surface area (TPSA) is 32.7 Å². The summed E-state index contributed by atoms with van der Waals surface area (Å²) in [6, 6.07) is 3.06. The minimum atomic E-state index is -4.70. The zero-order chi connectivity index (χ0) is 14.5. The van der Waals surface area contributed by atoms with Gasteiger partial charge in [0.2, 0.25) is 0 Å². The molecule has 1 aromatic carbocycles. The molecule has 1 N–H and O–H groups in total. The molecule has 7 heteroatoms. The summed E-state index contributed by atoms with van der Waals surface area (Å²) in [5.74, 6) is 0.508. The molecule has 20 heavy (non-hydrogen) atoms. The van der Waals surface area contributed by atoms with E-state index < -0.39 is 12.5 Å². The summed E-state index contributed by atoms with van der Waals surface area (Å²) < 4.78 is 41.8. The van der Waals surface area contributed by atoms with Gasteiger partial charge >= 0.3 is 6.36 Å². The first-order valence-corrected chi connectivity index (χ1v) is 7.28. The van der Waals surface area contributed by atoms with Crippen molar-refractivity contribution in [1.82, 2.24) is 0 Å². The normalized spacial score (nSPS) is 25.4. The number of alkyl halides is 3. The second-order valence-electron chi connectivity index (χ2n) is 5.17. The number of fused-ring (bicyclic) bond motifs is 1. The van der Waals surface area contributed by atoms with Crippen molar-refractivity contribution in [3.05, 3.63) is 17.7 Å². The predicted octanol–water partition coefficient (Wildman–Crippen LogP) is 3.32. The number of halogens is 3. The van der Waals surface area contributed by atoms with Gasteiger partial charge in [0.05, 0.1) is 17.7 Å². The number of anilines is 1. The smallest absolute Gasteiger partial charge is 0.405 e. The van der Waals surface area contributed by atoms with E-state index in [0.717, 1.165) is 10.6 Å². The molecule has 0 unspecified atom stereocenters. The average molecular weight is 305 g/mol. The Bertz CT molecular complexity index is 529. The third kappa shape index (κ3) is 2.44. The summed E-state index contributed by atoms with van der Waals surface area (Å²) in [4.78, 5) is 2.90. The lowest BCUT2D eigenvalue weighted by molar-refractivity contribution is -0.275. The van der Waals surface area contributed by atoms with Crippen LogP contribution in [0, 0.1) is 0 Å². The first-order valence-electron chi connectivity index (χ1n) is 6.30. The third-order valence-corrected chi connectivity index (χ3v) is 4.84. The zero-order valence-corrected chi connectivity index (χ0v) is 11.6. The van der Waals surface area contributed by atoms with Crippen LogP contribution in [-0.2, 0) is 0 Å². The van der Waals surface area contributed by atoms with Crippen LogP contribution in [0.15, 0.2) is 17.0 Å². The van der Waals surface area contributed by atoms with E-state index in [1.807, 2.05) is 11.9 Å². The molecule has 0 aromatic heterocycles. The number of rotatable bonds is 2. The van der Waals surface area contributed by atoms with Crippen LogP contribution in [0.2, 0.25) is 0 Å². The summed E-state index contributed by atoms with van der Waals surface area (Å²) in [5, 5.41) is 9.44. The number of aliphatic hydroxyl groups is 1. The van der Waals surface area contributed by atoms with Crippen LogP contribution in [0.1, 0.15) is 24.3 Å². The second kappa shape index (κ2) is 4.73. The molecule has 1 saturated carbocycles. The molecule has 2 aliphatic rings. The molecule has 3 nitrogen and oxygen atoms in total. The van der Waals surface area contributed by atoms with Gasteiger partial charge in [0.1, 0.15) is 5.75 Å². The monoisotopic (exact) mass is 305 g/mol. The van der Waals surface area contributed by atoms with E-state index in [1.54, 1.807) is 17.8 Å². The minimum Gasteiger partial charge on any atom is -0.405 e. The van der Waals surface area contributed by atoms with Gasteiger partial charge in [0.25, 0.3) is 0 Å². The SMILES string of the molecule is CN1CSc2ccc(OC(F)(F)F)c(C3CC(O)C3)c21. The highest BCUT2D eigenvalue weighted by Gasteiger charge is 2.39. The van der Waals surface area contributed by atoms with Gasteiger partial charge in [-0.2, -0.15) is 0 Å². The lowest BCUT2D eigenvalue weighted by Crippen LogP contribution is -2.29. The van der Waals surface area contributed by atoms with E-state index in [0.29, 0.717) is 24.3 Å². The highest BCUT2D eigenvalue weighted by atomic mass is 32.2. The summed E-state index contributed by atoms with van der Waals surface area (Å²) >= 11 is 1.60. The van der Waals surface area contributed by atoms with Gasteiger partial charge < -0.3 is 14.7 Å². The van der Waals surface area contributed by atoms with Crippen molar-refractivity contribution in [2.24, 2.45) is 0 Å². The van der Waals surface area contributed by atoms with Crippen LogP contribution in [0.4, 0.5) is 18.9 Å². The maximum absolute atomic E-state index is 12.5. The van der Waals surface area contributed by atoms with E-state index >= 15 is 0 Å². The average Bonchev–Trinajstić information content (AvgIpc) is 2.66. The van der Waals surface area contributed by atoms with Crippen LogP contribution >= 0.6 is 11.8 Å². The number of thioether (sulfide) groups is 1. The fourth-order valence-electron chi connectivity index (χ4n) is 2.74. The molecular formula is C13H14F3NO2S. The van der Waals surface area contributed by atoms with Crippen molar-refractivity contribution in [3.63, 3.8) is 0 Å². The van der Waals surface area contributed by atoms with Crippen molar-refractivity contribution < 1.29 is 23.0 Å². The molecule has 0 saturated heterocycles. The van der Waals surface area contributed by atoms with E-state index in [1.165, 1.54) is 6.07 Å². The first kappa shape index (κ1) is 13.9. The quantitative estimate of drug-likeness (QED) is 0.908. The number of hydrogen-bond donors (Lipinski definition) is 1. The Morgan fingerprint density at radius 1 is 1.35 bits per heavy atom. The second-order valence-corrected chi connectivity index (χ2v) is 6.15. The van der Waals surface area contributed by atoms with Crippen LogP contribution < -0.4 is 9.64 Å². The van der Waals surface area contributed by atoms with Crippen LogP contribution in [0.5, 0.6) is 5.75 Å². The lowest BCUT2D eigenvalue weighted by atomic mass is 9.76. The summed E-state index contributed by atoms with van der Waals surface area (Å²) in [7, 11) is 1.86. The van der Waals surface area contributed by atoms with E-state index in [9.17, 15) is 18.3 Å². The Morgan fingerprint density at radius 3 is 2.65 bits per heavy atom. The lowest BCUT2D eigenvalue weighted by Gasteiger charge is -2.35. The molecule has 1 aromatic rings. The minimum absolute atomic E-state index is 0.0709. The predicted molar refractivity (Wildman–Crippen MR) is 70.2 cm³/mol. The molecule has 0 radical (unpaired) electrons. The number of nitrogens with zero attached hydrogens (tertiary/aromatic N) is 1. The molecule has 110 valence electrons. The Hall–Kier alpha value is -1.08. The Morgan fingerprint density at radius 2 is 2.05 bits per heavy atom. The number of hydrogen-bond acceptors (Lipinski definition) is 4. The Kier molecular flexibility index (Phi) is 3.29. The molecule has 0 atom stereocenters. The van der Waals surface area contributed by atoms with Crippen molar-refractivity contribution in [1.29, 1.82) is 0 Å². The van der Waals surface area contributed by atoms with E-state index in [-0.39, 0.29) is 11.7 Å². The third-order valence-electron chi connectivity index (χ3n) is 3.68. The molecule has 1 aliphatic heterocycles. The molecule has 1 heterocycles. The number of ether oxygens (including phenoxy) is 1. The van der Waals surface area contributed by atoms with Gasteiger partial charge in [-0.15, -0.1) is 24.9 Å². The van der Waals surface area contributed by atoms with Gasteiger partial charge in [-0.05, 0) is 30.9 Å². The van der Waals surface area contributed by atoms with Crippen molar-refractivity contribution in [3.8, 4) is 5.75 Å². The summed E-state index contributed by atoms with van der Waals surface area (Å²) in [6.45, 7) is 0. The standard InChI is InChI=1S/C13H14F3NO2S/c1-17-6-20-10-3-2-9(19-13(14,15)16)11(12(10)17)7-4-8(18)5-7/h2-3,7-8,18H,4-6H2,1H3. The highest BCUT2D eigenvalue weighted by molar-refractivity contribution is 7.99. The fourth-order valence-corrected chi connectivity index (χ4v) is 3.77. The van der Waals surface area contributed by atoms with Crippen molar-refractivity contribution >= 4 is 17.4 Å². The summed E-state index contributed by atoms with van der Waals surface area (Å²) in [6.07, 6.45) is -4.14. The van der Waals surface area contributed by atoms with Crippen LogP contribution in [-0.4, -0.2) is 30.5 Å². The van der Waals surface area contributed by atoms with E-state index in [4.69, 9.17) is 0 Å². The number of aliphatic hydroxyl groups excluding tert-OH is 1. The molecule has 0 spiro atoms. The molecule has 1 fully saturated rings. The Labute approximate surface area is 118 Å². The Balaban J connectivity index is 2.04. The largest absolute Gasteiger partial charge is 0.573 e. The molecule has 1 aliphatic carbocycles. The zero-order valence-electron chi connectivity index (χ0n) is 10.8. The van der Waals surface area contributed by atoms with Crippen LogP contribution in [0.25, 0.3) is 0 Å². The maximum Gasteiger partial charge on any atom is 0.573 e. The van der Waals surface area contributed by atoms with E-state index in [2.05, 4.69) is 4.74 Å². The number of benzene rings is 1. The van der Waals surface area contributed by atoms with Gasteiger partial charge in [0, 0.05) is 17.5 Å².